The van der Waals surface area contributed by atoms with Gasteiger partial charge in [-0.1, -0.05) is 80.4 Å². The molecule has 0 spiro atoms. The number of nitrogens with zero attached hydrogens (tertiary/aromatic N) is 1. The number of alkyl carbamates (subject to hydrolysis) is 2. The first-order chi connectivity index (χ1) is 27.6. The first-order valence-electron chi connectivity index (χ1n) is 24.0. The van der Waals surface area contributed by atoms with Gasteiger partial charge in [0.15, 0.2) is 0 Å². The highest BCUT2D eigenvalue weighted by molar-refractivity contribution is 5.69. The molecule has 4 aliphatic carbocycles. The molecule has 0 bridgehead atoms. The number of fused-ring (bicyclic) bond motifs is 5. The Morgan fingerprint density at radius 1 is 0.780 bits per heavy atom. The van der Waals surface area contributed by atoms with Crippen LogP contribution in [0.5, 0.6) is 0 Å². The Morgan fingerprint density at radius 3 is 2.08 bits per heavy atom. The second-order valence-electron chi connectivity index (χ2n) is 21.9. The van der Waals surface area contributed by atoms with Gasteiger partial charge in [0, 0.05) is 30.6 Å². The zero-order valence-electron chi connectivity index (χ0n) is 39.8. The van der Waals surface area contributed by atoms with E-state index in [1.165, 1.54) is 44.1 Å². The van der Waals surface area contributed by atoms with E-state index >= 15 is 0 Å². The number of nitrogens with one attached hydrogen (secondary N) is 3. The van der Waals surface area contributed by atoms with Crippen molar-refractivity contribution in [3.63, 3.8) is 0 Å². The summed E-state index contributed by atoms with van der Waals surface area (Å²) in [6.07, 6.45) is 18.7. The van der Waals surface area contributed by atoms with Crippen molar-refractivity contribution in [2.24, 2.45) is 34.0 Å². The average molecular weight is 829 g/mol. The van der Waals surface area contributed by atoms with E-state index in [9.17, 15) is 14.4 Å². The maximum Gasteiger partial charge on any atom is 0.410 e. The fourth-order valence-corrected chi connectivity index (χ4v) is 11.3. The zero-order chi connectivity index (χ0) is 43.7. The van der Waals surface area contributed by atoms with Gasteiger partial charge in [-0.25, -0.2) is 14.4 Å². The molecule has 3 fully saturated rings. The maximum atomic E-state index is 14.2. The lowest BCUT2D eigenvalue weighted by Crippen LogP contribution is -2.52. The fraction of sp³-hybridized carbons (Fsp3) is 0.898. The topological polar surface area (TPSA) is 118 Å². The van der Waals surface area contributed by atoms with E-state index in [2.05, 4.69) is 84.3 Å². The number of amides is 3. The van der Waals surface area contributed by atoms with Gasteiger partial charge in [-0.3, -0.25) is 0 Å². The summed E-state index contributed by atoms with van der Waals surface area (Å²) >= 11 is 0. The van der Waals surface area contributed by atoms with Crippen LogP contribution in [0.2, 0.25) is 0 Å². The molecular weight excluding hydrogens is 741 g/mol. The number of ether oxygens (including phenoxy) is 3. The van der Waals surface area contributed by atoms with E-state index in [1.807, 2.05) is 25.7 Å². The summed E-state index contributed by atoms with van der Waals surface area (Å²) in [5, 5.41) is 9.94. The highest BCUT2D eigenvalue weighted by Crippen LogP contribution is 2.65. The molecule has 4 rings (SSSR count). The molecule has 0 aliphatic heterocycles. The molecule has 10 heteroatoms. The van der Waals surface area contributed by atoms with Gasteiger partial charge in [0.05, 0.1) is 6.61 Å². The predicted molar refractivity (Wildman–Crippen MR) is 239 cm³/mol. The lowest BCUT2D eigenvalue weighted by atomic mass is 9.48. The summed E-state index contributed by atoms with van der Waals surface area (Å²) in [6.45, 7) is 28.3. The van der Waals surface area contributed by atoms with E-state index < -0.39 is 17.2 Å². The summed E-state index contributed by atoms with van der Waals surface area (Å²) in [6, 6.07) is 0. The molecule has 0 saturated heterocycles. The standard InChI is InChI=1S/C49H88N4O6/c1-13-48(14-2,51-41(54)57-35-44(5,6)7)28-31-50-30-17-18-32-53(33-29-49(15-3,16-4)52-42(55)59-45(8,9)10)43(56)58-37-23-27-47(12)36(34-37)21-22-38-39-20-19-25-46(39,11)26-24-40(38)47/h21,37-40,50H,13-20,22-35H2,1-12H3,(H,51,54)(H,52,55). The Kier molecular flexibility index (Phi) is 17.2. The molecule has 0 aromatic rings. The Labute approximate surface area is 360 Å². The Bertz CT molecular complexity index is 1410. The molecule has 3 amide bonds. The first kappa shape index (κ1) is 49.2. The molecule has 0 aromatic heterocycles. The molecule has 0 aromatic carbocycles. The number of unbranched alkanes of at least 4 members (excludes halogenated alkanes) is 1. The molecule has 59 heavy (non-hydrogen) atoms. The third kappa shape index (κ3) is 13.3. The van der Waals surface area contributed by atoms with Crippen LogP contribution in [0.25, 0.3) is 0 Å². The fourth-order valence-electron chi connectivity index (χ4n) is 11.3. The van der Waals surface area contributed by atoms with Crippen LogP contribution in [0.15, 0.2) is 11.6 Å². The van der Waals surface area contributed by atoms with Crippen molar-refractivity contribution in [2.45, 2.75) is 215 Å². The lowest BCUT2D eigenvalue weighted by Gasteiger charge is -2.57. The molecular formula is C49H88N4O6. The number of rotatable bonds is 19. The minimum atomic E-state index is -0.594. The normalized spacial score (nSPS) is 27.1. The summed E-state index contributed by atoms with van der Waals surface area (Å²) in [7, 11) is 0. The molecule has 10 nitrogen and oxygen atoms in total. The summed E-state index contributed by atoms with van der Waals surface area (Å²) in [5.41, 5.74) is 0.806. The van der Waals surface area contributed by atoms with Gasteiger partial charge in [-0.05, 0) is 164 Å². The van der Waals surface area contributed by atoms with Crippen molar-refractivity contribution in [2.75, 3.05) is 32.8 Å². The van der Waals surface area contributed by atoms with Crippen LogP contribution in [-0.2, 0) is 14.2 Å². The van der Waals surface area contributed by atoms with Crippen molar-refractivity contribution in [3.05, 3.63) is 11.6 Å². The van der Waals surface area contributed by atoms with Crippen LogP contribution in [0.3, 0.4) is 0 Å². The van der Waals surface area contributed by atoms with Crippen molar-refractivity contribution in [3.8, 4) is 0 Å². The molecule has 3 saturated carbocycles. The molecule has 6 atom stereocenters. The quantitative estimate of drug-likeness (QED) is 0.0674. The second-order valence-corrected chi connectivity index (χ2v) is 21.9. The molecule has 0 radical (unpaired) electrons. The van der Waals surface area contributed by atoms with Crippen LogP contribution in [0.1, 0.15) is 192 Å². The van der Waals surface area contributed by atoms with Crippen LogP contribution < -0.4 is 16.0 Å². The summed E-state index contributed by atoms with van der Waals surface area (Å²) in [4.78, 5) is 41.7. The number of allylic oxidation sites excluding steroid dienone is 1. The molecule has 4 aliphatic rings. The van der Waals surface area contributed by atoms with E-state index in [1.54, 1.807) is 0 Å². The van der Waals surface area contributed by atoms with Crippen LogP contribution >= 0.6 is 0 Å². The molecule has 0 heterocycles. The van der Waals surface area contributed by atoms with Crippen LogP contribution in [-0.4, -0.2) is 78.7 Å². The smallest absolute Gasteiger partial charge is 0.410 e. The zero-order valence-corrected chi connectivity index (χ0v) is 39.8. The summed E-state index contributed by atoms with van der Waals surface area (Å²) < 4.78 is 17.6. The SMILES string of the molecule is CCC(CC)(CCNCCCCN(CCC(CC)(CC)NC(=O)OC(C)(C)C)C(=O)OC1CCC2(C)C(=CCC3C4CCCC4(C)CCC32)C1)NC(=O)OCC(C)(C)C. The van der Waals surface area contributed by atoms with Gasteiger partial charge >= 0.3 is 18.3 Å². The largest absolute Gasteiger partial charge is 0.449 e. The number of hydrogen-bond donors (Lipinski definition) is 3. The average Bonchev–Trinajstić information content (AvgIpc) is 3.58. The maximum absolute atomic E-state index is 14.2. The highest BCUT2D eigenvalue weighted by Gasteiger charge is 2.56. The number of carbonyl (C=O) groups excluding carboxylic acids is 3. The van der Waals surface area contributed by atoms with E-state index in [4.69, 9.17) is 14.2 Å². The lowest BCUT2D eigenvalue weighted by molar-refractivity contribution is -0.0401. The molecule has 6 unspecified atom stereocenters. The van der Waals surface area contributed by atoms with E-state index in [-0.39, 0.29) is 34.7 Å². The van der Waals surface area contributed by atoms with Crippen molar-refractivity contribution >= 4 is 18.3 Å². The third-order valence-corrected chi connectivity index (χ3v) is 15.5. The minimum Gasteiger partial charge on any atom is -0.449 e. The molecule has 3 N–H and O–H groups in total. The van der Waals surface area contributed by atoms with Crippen LogP contribution in [0.4, 0.5) is 14.4 Å². The van der Waals surface area contributed by atoms with E-state index in [0.29, 0.717) is 31.5 Å². The summed E-state index contributed by atoms with van der Waals surface area (Å²) in [5.74, 6) is 2.42. The van der Waals surface area contributed by atoms with Gasteiger partial charge in [-0.15, -0.1) is 0 Å². The molecule has 340 valence electrons. The van der Waals surface area contributed by atoms with Crippen LogP contribution in [0, 0.1) is 34.0 Å². The van der Waals surface area contributed by atoms with Gasteiger partial charge in [-0.2, -0.15) is 0 Å². The van der Waals surface area contributed by atoms with Crippen molar-refractivity contribution in [1.29, 1.82) is 0 Å². The number of hydrogen-bond acceptors (Lipinski definition) is 7. The minimum absolute atomic E-state index is 0.0830. The first-order valence-corrected chi connectivity index (χ1v) is 24.0. The second kappa shape index (κ2) is 20.6. The Hall–Kier alpha value is -2.49. The highest BCUT2D eigenvalue weighted by atomic mass is 16.6. The van der Waals surface area contributed by atoms with Crippen molar-refractivity contribution < 1.29 is 28.6 Å². The Morgan fingerprint density at radius 2 is 1.44 bits per heavy atom. The van der Waals surface area contributed by atoms with E-state index in [0.717, 1.165) is 95.1 Å². The van der Waals surface area contributed by atoms with Gasteiger partial charge in [0.1, 0.15) is 11.7 Å². The van der Waals surface area contributed by atoms with Gasteiger partial charge in [0.2, 0.25) is 0 Å². The van der Waals surface area contributed by atoms with Gasteiger partial charge < -0.3 is 35.1 Å². The predicted octanol–water partition coefficient (Wildman–Crippen LogP) is 11.7. The van der Waals surface area contributed by atoms with Gasteiger partial charge in [0.25, 0.3) is 0 Å². The Balaban J connectivity index is 1.35. The third-order valence-electron chi connectivity index (χ3n) is 15.5. The monoisotopic (exact) mass is 829 g/mol. The number of carbonyl (C=O) groups is 3. The van der Waals surface area contributed by atoms with Crippen molar-refractivity contribution in [1.82, 2.24) is 20.9 Å².